The summed E-state index contributed by atoms with van der Waals surface area (Å²) in [7, 11) is 0. The summed E-state index contributed by atoms with van der Waals surface area (Å²) in [4.78, 5) is 24.6. The molecule has 4 nitrogen and oxygen atoms in total. The van der Waals surface area contributed by atoms with E-state index in [1.165, 1.54) is 0 Å². The van der Waals surface area contributed by atoms with Crippen LogP contribution in [0.15, 0.2) is 18.2 Å². The van der Waals surface area contributed by atoms with Crippen molar-refractivity contribution in [1.29, 1.82) is 0 Å². The van der Waals surface area contributed by atoms with Crippen LogP contribution in [0, 0.1) is 17.6 Å². The van der Waals surface area contributed by atoms with Crippen LogP contribution < -0.4 is 0 Å². The zero-order valence-electron chi connectivity index (χ0n) is 10.8. The molecule has 108 valence electrons. The number of nitrogens with zero attached hydrogens (tertiary/aromatic N) is 1. The molecule has 1 heterocycles. The first-order valence-corrected chi connectivity index (χ1v) is 6.40. The Bertz CT molecular complexity index is 505. The van der Waals surface area contributed by atoms with Crippen molar-refractivity contribution in [2.45, 2.75) is 12.8 Å². The standard InChI is InChI=1S/C14H15F2NO3/c15-11-5-10(6-12(16)7-11)13(18)8-17-3-1-9(2-4-17)14(19)20/h5-7,9H,1-4,8H2,(H,19,20). The summed E-state index contributed by atoms with van der Waals surface area (Å²) in [5.41, 5.74) is 0.00265. The van der Waals surface area contributed by atoms with E-state index in [9.17, 15) is 18.4 Å². The van der Waals surface area contributed by atoms with E-state index >= 15 is 0 Å². The number of carboxylic acids is 1. The monoisotopic (exact) mass is 283 g/mol. The topological polar surface area (TPSA) is 57.6 Å². The summed E-state index contributed by atoms with van der Waals surface area (Å²) >= 11 is 0. The van der Waals surface area contributed by atoms with Crippen molar-refractivity contribution < 1.29 is 23.5 Å². The molecule has 0 amide bonds. The van der Waals surface area contributed by atoms with Gasteiger partial charge in [-0.15, -0.1) is 0 Å². The van der Waals surface area contributed by atoms with Crippen molar-refractivity contribution in [3.05, 3.63) is 35.4 Å². The summed E-state index contributed by atoms with van der Waals surface area (Å²) in [6, 6.07) is 2.74. The van der Waals surface area contributed by atoms with Crippen molar-refractivity contribution in [2.24, 2.45) is 5.92 Å². The highest BCUT2D eigenvalue weighted by molar-refractivity contribution is 5.97. The molecule has 2 rings (SSSR count). The van der Waals surface area contributed by atoms with Crippen molar-refractivity contribution in [2.75, 3.05) is 19.6 Å². The van der Waals surface area contributed by atoms with Gasteiger partial charge in [0.1, 0.15) is 11.6 Å². The van der Waals surface area contributed by atoms with E-state index in [1.54, 1.807) is 0 Å². The third-order valence-electron chi connectivity index (χ3n) is 3.49. The van der Waals surface area contributed by atoms with Crippen molar-refractivity contribution in [1.82, 2.24) is 4.90 Å². The second kappa shape index (κ2) is 6.09. The number of benzene rings is 1. The zero-order chi connectivity index (χ0) is 14.7. The number of carbonyl (C=O) groups excluding carboxylic acids is 1. The van der Waals surface area contributed by atoms with Gasteiger partial charge in [0.05, 0.1) is 12.5 Å². The normalized spacial score (nSPS) is 17.1. The Morgan fingerprint density at radius 1 is 1.15 bits per heavy atom. The molecule has 0 unspecified atom stereocenters. The Hall–Kier alpha value is -1.82. The molecule has 0 bridgehead atoms. The molecule has 1 aromatic carbocycles. The van der Waals surface area contributed by atoms with Crippen LogP contribution in [0.2, 0.25) is 0 Å². The lowest BCUT2D eigenvalue weighted by atomic mass is 9.97. The third-order valence-corrected chi connectivity index (χ3v) is 3.49. The van der Waals surface area contributed by atoms with Gasteiger partial charge >= 0.3 is 5.97 Å². The molecule has 0 aliphatic carbocycles. The quantitative estimate of drug-likeness (QED) is 0.858. The van der Waals surface area contributed by atoms with Crippen LogP contribution in [-0.2, 0) is 4.79 Å². The van der Waals surface area contributed by atoms with E-state index in [4.69, 9.17) is 5.11 Å². The molecule has 0 saturated carbocycles. The predicted molar refractivity (Wildman–Crippen MR) is 67.5 cm³/mol. The highest BCUT2D eigenvalue weighted by Gasteiger charge is 2.25. The summed E-state index contributed by atoms with van der Waals surface area (Å²) in [6.45, 7) is 1.05. The Balaban J connectivity index is 1.94. The van der Waals surface area contributed by atoms with Crippen LogP contribution in [0.1, 0.15) is 23.2 Å². The van der Waals surface area contributed by atoms with Gasteiger partial charge in [-0.25, -0.2) is 8.78 Å². The summed E-state index contributed by atoms with van der Waals surface area (Å²) in [6.07, 6.45) is 0.972. The maximum Gasteiger partial charge on any atom is 0.306 e. The molecule has 20 heavy (non-hydrogen) atoms. The Morgan fingerprint density at radius 2 is 1.70 bits per heavy atom. The molecule has 0 spiro atoms. The summed E-state index contributed by atoms with van der Waals surface area (Å²) in [5.74, 6) is -3.11. The predicted octanol–water partition coefficient (Wildman–Crippen LogP) is 1.94. The number of hydrogen-bond acceptors (Lipinski definition) is 3. The molecule has 0 aromatic heterocycles. The van der Waals surface area contributed by atoms with E-state index in [2.05, 4.69) is 0 Å². The van der Waals surface area contributed by atoms with E-state index in [1.807, 2.05) is 4.90 Å². The van der Waals surface area contributed by atoms with E-state index in [0.717, 1.165) is 18.2 Å². The number of likely N-dealkylation sites (tertiary alicyclic amines) is 1. The Kier molecular flexibility index (Phi) is 4.44. The number of Topliss-reactive ketones (excluding diaryl/α,β-unsaturated/α-hetero) is 1. The fraction of sp³-hybridized carbons (Fsp3) is 0.429. The van der Waals surface area contributed by atoms with Crippen LogP contribution in [-0.4, -0.2) is 41.4 Å². The molecule has 1 saturated heterocycles. The molecular formula is C14H15F2NO3. The molecule has 1 aliphatic heterocycles. The lowest BCUT2D eigenvalue weighted by Crippen LogP contribution is -2.39. The molecule has 1 aromatic rings. The van der Waals surface area contributed by atoms with Crippen molar-refractivity contribution in [3.63, 3.8) is 0 Å². The van der Waals surface area contributed by atoms with Gasteiger partial charge in [0, 0.05) is 11.6 Å². The number of halogens is 2. The minimum Gasteiger partial charge on any atom is -0.481 e. The summed E-state index contributed by atoms with van der Waals surface area (Å²) in [5, 5.41) is 8.88. The average Bonchev–Trinajstić information content (AvgIpc) is 2.38. The number of aliphatic carboxylic acids is 1. The lowest BCUT2D eigenvalue weighted by Gasteiger charge is -2.29. The van der Waals surface area contributed by atoms with Gasteiger partial charge in [-0.05, 0) is 38.1 Å². The molecule has 0 atom stereocenters. The minimum absolute atomic E-state index is 0.00265. The number of carbonyl (C=O) groups is 2. The first-order chi connectivity index (χ1) is 9.45. The number of hydrogen-bond donors (Lipinski definition) is 1. The maximum absolute atomic E-state index is 13.0. The molecule has 1 fully saturated rings. The fourth-order valence-electron chi connectivity index (χ4n) is 2.35. The summed E-state index contributed by atoms with van der Waals surface area (Å²) < 4.78 is 26.1. The Labute approximate surface area is 115 Å². The second-order valence-corrected chi connectivity index (χ2v) is 4.97. The van der Waals surface area contributed by atoms with Crippen LogP contribution in [0.3, 0.4) is 0 Å². The number of piperidine rings is 1. The number of carboxylic acid groups (broad SMARTS) is 1. The van der Waals surface area contributed by atoms with Crippen LogP contribution in [0.5, 0.6) is 0 Å². The van der Waals surface area contributed by atoms with E-state index in [-0.39, 0.29) is 23.8 Å². The lowest BCUT2D eigenvalue weighted by molar-refractivity contribution is -0.143. The highest BCUT2D eigenvalue weighted by Crippen LogP contribution is 2.18. The molecular weight excluding hydrogens is 268 g/mol. The molecule has 0 radical (unpaired) electrons. The highest BCUT2D eigenvalue weighted by atomic mass is 19.1. The van der Waals surface area contributed by atoms with Gasteiger partial charge in [-0.3, -0.25) is 14.5 Å². The molecule has 6 heteroatoms. The van der Waals surface area contributed by atoms with Gasteiger partial charge in [0.15, 0.2) is 5.78 Å². The molecule has 1 aliphatic rings. The smallest absolute Gasteiger partial charge is 0.306 e. The van der Waals surface area contributed by atoms with Crippen LogP contribution >= 0.6 is 0 Å². The first kappa shape index (κ1) is 14.6. The van der Waals surface area contributed by atoms with Gasteiger partial charge < -0.3 is 5.11 Å². The number of ketones is 1. The minimum atomic E-state index is -0.817. The average molecular weight is 283 g/mol. The maximum atomic E-state index is 13.0. The third kappa shape index (κ3) is 3.60. The molecule has 1 N–H and O–H groups in total. The van der Waals surface area contributed by atoms with Crippen LogP contribution in [0.4, 0.5) is 8.78 Å². The van der Waals surface area contributed by atoms with E-state index < -0.39 is 17.6 Å². The number of rotatable bonds is 4. The van der Waals surface area contributed by atoms with Gasteiger partial charge in [-0.1, -0.05) is 0 Å². The van der Waals surface area contributed by atoms with Crippen molar-refractivity contribution in [3.8, 4) is 0 Å². The first-order valence-electron chi connectivity index (χ1n) is 6.40. The van der Waals surface area contributed by atoms with Gasteiger partial charge in [-0.2, -0.15) is 0 Å². The fourth-order valence-corrected chi connectivity index (χ4v) is 2.35. The largest absolute Gasteiger partial charge is 0.481 e. The van der Waals surface area contributed by atoms with Crippen LogP contribution in [0.25, 0.3) is 0 Å². The van der Waals surface area contributed by atoms with Gasteiger partial charge in [0.25, 0.3) is 0 Å². The van der Waals surface area contributed by atoms with E-state index in [0.29, 0.717) is 25.9 Å². The van der Waals surface area contributed by atoms with Crippen molar-refractivity contribution >= 4 is 11.8 Å². The Morgan fingerprint density at radius 3 is 2.20 bits per heavy atom. The SMILES string of the molecule is O=C(CN1CCC(C(=O)O)CC1)c1cc(F)cc(F)c1. The second-order valence-electron chi connectivity index (χ2n) is 4.97. The zero-order valence-corrected chi connectivity index (χ0v) is 10.8. The van der Waals surface area contributed by atoms with Gasteiger partial charge in [0.2, 0.25) is 0 Å².